The largest absolute Gasteiger partial charge is 0.361 e. The van der Waals surface area contributed by atoms with Crippen LogP contribution in [0.1, 0.15) is 41.5 Å². The van der Waals surface area contributed by atoms with Gasteiger partial charge >= 0.3 is 0 Å². The van der Waals surface area contributed by atoms with E-state index >= 15 is 0 Å². The van der Waals surface area contributed by atoms with E-state index in [9.17, 15) is 0 Å². The van der Waals surface area contributed by atoms with E-state index in [4.69, 9.17) is 4.74 Å². The number of rotatable bonds is 4. The Morgan fingerprint density at radius 2 is 1.73 bits per heavy atom. The summed E-state index contributed by atoms with van der Waals surface area (Å²) in [5.41, 5.74) is -0.0226. The quantitative estimate of drug-likeness (QED) is 0.526. The van der Waals surface area contributed by atoms with Crippen LogP contribution in [0.15, 0.2) is 0 Å². The average molecular weight is 213 g/mol. The number of ether oxygens (including phenoxy) is 1. The molecule has 0 aliphatic rings. The molecule has 0 aromatic rings. The Morgan fingerprint density at radius 3 is 2.00 bits per heavy atom. The lowest BCUT2D eigenvalue weighted by Crippen LogP contribution is -2.31. The van der Waals surface area contributed by atoms with Crippen molar-refractivity contribution in [2.45, 2.75) is 47.1 Å². The molecule has 90 valence electrons. The van der Waals surface area contributed by atoms with Gasteiger partial charge in [0.25, 0.3) is 0 Å². The number of terminal acetylenes is 1. The highest BCUT2D eigenvalue weighted by Crippen LogP contribution is 2.07. The van der Waals surface area contributed by atoms with Gasteiger partial charge in [0.05, 0.1) is 12.3 Å². The second-order valence-electron chi connectivity index (χ2n) is 5.11. The summed E-state index contributed by atoms with van der Waals surface area (Å²) in [5, 5.41) is 0. The van der Waals surface area contributed by atoms with Crippen LogP contribution in [0.3, 0.4) is 0 Å². The lowest BCUT2D eigenvalue weighted by atomic mass is 10.2. The predicted molar refractivity (Wildman–Crippen MR) is 67.7 cm³/mol. The molecule has 15 heavy (non-hydrogen) atoms. The van der Waals surface area contributed by atoms with Crippen LogP contribution in [0.2, 0.25) is 0 Å². The molecule has 2 heteroatoms. The summed E-state index contributed by atoms with van der Waals surface area (Å²) < 4.78 is 5.62. The van der Waals surface area contributed by atoms with Crippen molar-refractivity contribution < 1.29 is 4.74 Å². The molecule has 0 amide bonds. The Morgan fingerprint density at radius 1 is 1.33 bits per heavy atom. The van der Waals surface area contributed by atoms with Crippen LogP contribution in [0.25, 0.3) is 0 Å². The van der Waals surface area contributed by atoms with Crippen molar-refractivity contribution in [1.82, 2.24) is 4.90 Å². The highest BCUT2D eigenvalue weighted by Gasteiger charge is 2.11. The third-order valence-electron chi connectivity index (χ3n) is 1.39. The second-order valence-corrected chi connectivity index (χ2v) is 5.11. The van der Waals surface area contributed by atoms with E-state index in [1.807, 2.05) is 0 Å². The molecule has 0 heterocycles. The molecule has 0 radical (unpaired) electrons. The first-order chi connectivity index (χ1) is 6.72. The van der Waals surface area contributed by atoms with Gasteiger partial charge in [0.15, 0.2) is 0 Å². The molecule has 0 unspecified atom stereocenters. The number of nitrogens with zero attached hydrogens (tertiary/aromatic N) is 1. The summed E-state index contributed by atoms with van der Waals surface area (Å²) in [7, 11) is 2.09. The van der Waals surface area contributed by atoms with Crippen molar-refractivity contribution in [3.8, 4) is 12.3 Å². The Hall–Kier alpha value is -0.520. The first kappa shape index (κ1) is 16.9. The van der Waals surface area contributed by atoms with Crippen molar-refractivity contribution >= 4 is 0 Å². The molecule has 0 aromatic heterocycles. The van der Waals surface area contributed by atoms with E-state index in [-0.39, 0.29) is 5.60 Å². The van der Waals surface area contributed by atoms with E-state index in [2.05, 4.69) is 58.9 Å². The molecular weight excluding hydrogens is 186 g/mol. The van der Waals surface area contributed by atoms with Gasteiger partial charge in [-0.15, -0.1) is 12.3 Å². The Balaban J connectivity index is 0. The molecular formula is C13H27NO. The van der Waals surface area contributed by atoms with Crippen molar-refractivity contribution in [2.24, 2.45) is 5.92 Å². The van der Waals surface area contributed by atoms with Gasteiger partial charge < -0.3 is 4.74 Å². The van der Waals surface area contributed by atoms with E-state index in [1.165, 1.54) is 0 Å². The number of hydrogen-bond donors (Lipinski definition) is 0. The molecule has 0 atom stereocenters. The van der Waals surface area contributed by atoms with Crippen LogP contribution in [0, 0.1) is 18.3 Å². The minimum atomic E-state index is -0.0226. The topological polar surface area (TPSA) is 12.5 Å². The third kappa shape index (κ3) is 19.8. The van der Waals surface area contributed by atoms with Gasteiger partial charge in [-0.1, -0.05) is 13.8 Å². The number of hydrogen-bond acceptors (Lipinski definition) is 2. The minimum absolute atomic E-state index is 0.0226. The maximum absolute atomic E-state index is 5.62. The zero-order valence-electron chi connectivity index (χ0n) is 11.4. The summed E-state index contributed by atoms with van der Waals surface area (Å²) in [4.78, 5) is 2.20. The summed E-state index contributed by atoms with van der Waals surface area (Å²) in [5.74, 6) is 2.96. The Kier molecular flexibility index (Phi) is 9.87. The molecule has 0 spiro atoms. The molecule has 2 nitrogen and oxygen atoms in total. The van der Waals surface area contributed by atoms with Crippen LogP contribution >= 0.6 is 0 Å². The van der Waals surface area contributed by atoms with Crippen molar-refractivity contribution in [2.75, 3.05) is 20.3 Å². The Labute approximate surface area is 96.0 Å². The first-order valence-electron chi connectivity index (χ1n) is 5.42. The standard InChI is InChI=1S/C10H23NO.C3H4/c1-9(2)7-11(6)8-12-10(3,4)5;1-3-2/h9H,7-8H2,1-6H3;1H,2H3. The predicted octanol–water partition coefficient (Wildman–Crippen LogP) is 2.99. The summed E-state index contributed by atoms with van der Waals surface area (Å²) in [6.07, 6.45) is 4.60. The molecule has 0 aliphatic carbocycles. The Bertz CT molecular complexity index is 174. The van der Waals surface area contributed by atoms with Gasteiger partial charge in [-0.2, -0.15) is 0 Å². The van der Waals surface area contributed by atoms with Crippen molar-refractivity contribution in [1.29, 1.82) is 0 Å². The minimum Gasteiger partial charge on any atom is -0.361 e. The van der Waals surface area contributed by atoms with E-state index in [0.29, 0.717) is 5.92 Å². The van der Waals surface area contributed by atoms with Crippen LogP contribution < -0.4 is 0 Å². The highest BCUT2D eigenvalue weighted by molar-refractivity contribution is 4.73. The molecule has 0 fully saturated rings. The summed E-state index contributed by atoms with van der Waals surface area (Å²) in [6, 6.07) is 0. The van der Waals surface area contributed by atoms with Crippen LogP contribution in [-0.2, 0) is 4.74 Å². The maximum Gasteiger partial charge on any atom is 0.0995 e. The lowest BCUT2D eigenvalue weighted by molar-refractivity contribution is -0.0582. The molecule has 0 saturated heterocycles. The SMILES string of the molecule is C#CC.CC(C)CN(C)COC(C)(C)C. The lowest BCUT2D eigenvalue weighted by Gasteiger charge is -2.25. The first-order valence-corrected chi connectivity index (χ1v) is 5.42. The molecule has 0 rings (SSSR count). The van der Waals surface area contributed by atoms with Crippen molar-refractivity contribution in [3.05, 3.63) is 0 Å². The fourth-order valence-corrected chi connectivity index (χ4v) is 0.980. The smallest absolute Gasteiger partial charge is 0.0995 e. The average Bonchev–Trinajstić information content (AvgIpc) is 2.00. The van der Waals surface area contributed by atoms with Crippen LogP contribution in [0.4, 0.5) is 0 Å². The molecule has 0 N–H and O–H groups in total. The zero-order valence-corrected chi connectivity index (χ0v) is 11.4. The third-order valence-corrected chi connectivity index (χ3v) is 1.39. The summed E-state index contributed by atoms with van der Waals surface area (Å²) in [6.45, 7) is 14.1. The fraction of sp³-hybridized carbons (Fsp3) is 0.846. The molecule has 0 aliphatic heterocycles. The van der Waals surface area contributed by atoms with Gasteiger partial charge in [0, 0.05) is 6.54 Å². The van der Waals surface area contributed by atoms with Crippen molar-refractivity contribution in [3.63, 3.8) is 0 Å². The zero-order chi connectivity index (χ0) is 12.5. The van der Waals surface area contributed by atoms with Gasteiger partial charge in [0.1, 0.15) is 0 Å². The monoisotopic (exact) mass is 213 g/mol. The highest BCUT2D eigenvalue weighted by atomic mass is 16.5. The fourth-order valence-electron chi connectivity index (χ4n) is 0.980. The van der Waals surface area contributed by atoms with Crippen LogP contribution in [-0.4, -0.2) is 30.8 Å². The van der Waals surface area contributed by atoms with E-state index < -0.39 is 0 Å². The van der Waals surface area contributed by atoms with Gasteiger partial charge in [-0.3, -0.25) is 4.90 Å². The van der Waals surface area contributed by atoms with Gasteiger partial charge in [0.2, 0.25) is 0 Å². The summed E-state index contributed by atoms with van der Waals surface area (Å²) >= 11 is 0. The van der Waals surface area contributed by atoms with Gasteiger partial charge in [-0.25, -0.2) is 0 Å². The van der Waals surface area contributed by atoms with Gasteiger partial charge in [-0.05, 0) is 40.7 Å². The van der Waals surface area contributed by atoms with E-state index in [1.54, 1.807) is 6.92 Å². The molecule has 0 aromatic carbocycles. The van der Waals surface area contributed by atoms with Crippen LogP contribution in [0.5, 0.6) is 0 Å². The molecule has 0 bridgehead atoms. The van der Waals surface area contributed by atoms with E-state index in [0.717, 1.165) is 13.3 Å². The normalized spacial score (nSPS) is 10.9. The second kappa shape index (κ2) is 8.76. The maximum atomic E-state index is 5.62. The molecule has 0 saturated carbocycles.